The first-order valence-electron chi connectivity index (χ1n) is 8.90. The van der Waals surface area contributed by atoms with E-state index in [0.717, 1.165) is 11.4 Å². The first kappa shape index (κ1) is 20.6. The lowest BCUT2D eigenvalue weighted by atomic mass is 10.1. The molecule has 7 nitrogen and oxygen atoms in total. The number of hydrogen-bond acceptors (Lipinski definition) is 5. The smallest absolute Gasteiger partial charge is 0.234 e. The molecule has 1 aromatic heterocycles. The maximum Gasteiger partial charge on any atom is 0.234 e. The van der Waals surface area contributed by atoms with E-state index in [1.807, 2.05) is 38.3 Å². The van der Waals surface area contributed by atoms with E-state index in [-0.39, 0.29) is 48.4 Å². The predicted molar refractivity (Wildman–Crippen MR) is 101 cm³/mol. The van der Waals surface area contributed by atoms with Crippen molar-refractivity contribution in [2.24, 2.45) is 0 Å². The van der Waals surface area contributed by atoms with Gasteiger partial charge in [0.2, 0.25) is 5.91 Å². The number of amides is 1. The number of nitrogens with zero attached hydrogens (tertiary/aromatic N) is 2. The van der Waals surface area contributed by atoms with Crippen molar-refractivity contribution in [2.75, 3.05) is 31.6 Å². The molecule has 1 saturated heterocycles. The first-order valence-corrected chi connectivity index (χ1v) is 10.7. The molecule has 1 amide bonds. The number of carbonyl (C=O) groups excluding carboxylic acids is 2. The highest BCUT2D eigenvalue weighted by Crippen LogP contribution is 2.29. The molecule has 1 atom stereocenters. The van der Waals surface area contributed by atoms with Crippen LogP contribution in [0.15, 0.2) is 6.07 Å². The van der Waals surface area contributed by atoms with E-state index < -0.39 is 9.84 Å². The van der Waals surface area contributed by atoms with Crippen molar-refractivity contribution in [2.45, 2.75) is 46.2 Å². The Hall–Kier alpha value is -1.67. The van der Waals surface area contributed by atoms with Gasteiger partial charge >= 0.3 is 0 Å². The zero-order valence-electron chi connectivity index (χ0n) is 16.2. The molecule has 0 saturated carbocycles. The van der Waals surface area contributed by atoms with Crippen molar-refractivity contribution >= 4 is 21.5 Å². The third-order valence-electron chi connectivity index (χ3n) is 4.64. The Morgan fingerprint density at radius 1 is 1.31 bits per heavy atom. The van der Waals surface area contributed by atoms with Gasteiger partial charge in [0.1, 0.15) is 0 Å². The van der Waals surface area contributed by atoms with Gasteiger partial charge in [0.25, 0.3) is 0 Å². The van der Waals surface area contributed by atoms with Crippen molar-refractivity contribution < 1.29 is 18.0 Å². The molecule has 1 aliphatic heterocycles. The molecule has 0 aliphatic carbocycles. The van der Waals surface area contributed by atoms with Crippen LogP contribution in [0.1, 0.15) is 48.1 Å². The van der Waals surface area contributed by atoms with E-state index >= 15 is 0 Å². The van der Waals surface area contributed by atoms with E-state index in [2.05, 4.69) is 5.32 Å². The lowest BCUT2D eigenvalue weighted by Crippen LogP contribution is -2.40. The number of likely N-dealkylation sites (N-methyl/N-ethyl adjacent to an activating group) is 1. The molecule has 1 N–H and O–H groups in total. The molecule has 1 aromatic rings. The number of rotatable bonds is 7. The summed E-state index contributed by atoms with van der Waals surface area (Å²) in [5, 5.41) is 2.80. The molecular formula is C18H29N3O4S. The van der Waals surface area contributed by atoms with Crippen LogP contribution in [0.25, 0.3) is 0 Å². The molecule has 1 fully saturated rings. The molecule has 0 radical (unpaired) electrons. The van der Waals surface area contributed by atoms with Crippen molar-refractivity contribution in [1.29, 1.82) is 0 Å². The largest absolute Gasteiger partial charge is 0.353 e. The van der Waals surface area contributed by atoms with Crippen LogP contribution < -0.4 is 5.32 Å². The van der Waals surface area contributed by atoms with Crippen LogP contribution in [0.3, 0.4) is 0 Å². The topological polar surface area (TPSA) is 88.5 Å². The number of Topliss-reactive ketones (excluding diaryl/α,β-unsaturated/α-hetero) is 1. The van der Waals surface area contributed by atoms with Crippen LogP contribution in [0.5, 0.6) is 0 Å². The van der Waals surface area contributed by atoms with Crippen molar-refractivity contribution in [3.8, 4) is 0 Å². The maximum atomic E-state index is 12.7. The maximum absolute atomic E-state index is 12.7. The summed E-state index contributed by atoms with van der Waals surface area (Å²) < 4.78 is 25.5. The van der Waals surface area contributed by atoms with Crippen LogP contribution in [0.4, 0.5) is 0 Å². The van der Waals surface area contributed by atoms with Crippen molar-refractivity contribution in [3.63, 3.8) is 0 Å². The number of nitrogens with one attached hydrogen (secondary N) is 1. The predicted octanol–water partition coefficient (Wildman–Crippen LogP) is 1.10. The summed E-state index contributed by atoms with van der Waals surface area (Å²) in [6, 6.07) is 1.79. The molecule has 146 valence electrons. The Labute approximate surface area is 155 Å². The minimum absolute atomic E-state index is 0.0632. The van der Waals surface area contributed by atoms with Gasteiger partial charge < -0.3 is 9.88 Å². The number of ketones is 1. The van der Waals surface area contributed by atoms with E-state index in [1.165, 1.54) is 0 Å². The van der Waals surface area contributed by atoms with Crippen molar-refractivity contribution in [1.82, 2.24) is 14.8 Å². The van der Waals surface area contributed by atoms with Gasteiger partial charge in [-0.15, -0.1) is 0 Å². The molecule has 2 rings (SSSR count). The highest BCUT2D eigenvalue weighted by molar-refractivity contribution is 7.91. The van der Waals surface area contributed by atoms with Crippen LogP contribution in [-0.2, 0) is 14.6 Å². The fraction of sp³-hybridized carbons (Fsp3) is 0.667. The minimum Gasteiger partial charge on any atom is -0.353 e. The second kappa shape index (κ2) is 7.92. The average molecular weight is 384 g/mol. The van der Waals surface area contributed by atoms with Gasteiger partial charge in [0.05, 0.1) is 24.6 Å². The molecule has 8 heteroatoms. The molecule has 0 spiro atoms. The quantitative estimate of drug-likeness (QED) is 0.713. The van der Waals surface area contributed by atoms with Gasteiger partial charge in [-0.05, 0) is 47.2 Å². The fourth-order valence-electron chi connectivity index (χ4n) is 3.60. The Kier molecular flexibility index (Phi) is 6.29. The second-order valence-corrected chi connectivity index (χ2v) is 9.76. The minimum atomic E-state index is -2.99. The molecule has 0 unspecified atom stereocenters. The first-order chi connectivity index (χ1) is 12.0. The summed E-state index contributed by atoms with van der Waals surface area (Å²) in [7, 11) is -1.25. The van der Waals surface area contributed by atoms with Crippen LogP contribution in [0, 0.1) is 13.8 Å². The summed E-state index contributed by atoms with van der Waals surface area (Å²) in [5.41, 5.74) is 2.30. The Balaban J connectivity index is 2.08. The number of aryl methyl sites for hydroxylation is 1. The normalized spacial score (nSPS) is 19.3. The molecule has 26 heavy (non-hydrogen) atoms. The van der Waals surface area contributed by atoms with Gasteiger partial charge in [0, 0.05) is 29.0 Å². The van der Waals surface area contributed by atoms with E-state index in [0.29, 0.717) is 12.0 Å². The molecule has 1 aliphatic rings. The Morgan fingerprint density at radius 3 is 2.50 bits per heavy atom. The molecular weight excluding hydrogens is 354 g/mol. The monoisotopic (exact) mass is 383 g/mol. The fourth-order valence-corrected chi connectivity index (χ4v) is 5.30. The van der Waals surface area contributed by atoms with Crippen molar-refractivity contribution in [3.05, 3.63) is 23.0 Å². The molecule has 0 aromatic carbocycles. The van der Waals surface area contributed by atoms with Gasteiger partial charge in [-0.2, -0.15) is 0 Å². The lowest BCUT2D eigenvalue weighted by molar-refractivity contribution is -0.122. The van der Waals surface area contributed by atoms with Gasteiger partial charge in [-0.3, -0.25) is 14.5 Å². The molecule has 2 heterocycles. The standard InChI is InChI=1S/C18H29N3O4S/c1-12(2)19-18(23)10-20(5)9-17(22)16-8-13(3)21(14(16)4)15-6-7-26(24,25)11-15/h8,12,15H,6-7,9-11H2,1-5H3,(H,19,23)/t15-/m0/s1. The zero-order chi connectivity index (χ0) is 19.6. The van der Waals surface area contributed by atoms with E-state index in [1.54, 1.807) is 11.9 Å². The van der Waals surface area contributed by atoms with Crippen LogP contribution in [-0.4, -0.2) is 67.3 Å². The summed E-state index contributed by atoms with van der Waals surface area (Å²) in [4.78, 5) is 26.2. The summed E-state index contributed by atoms with van der Waals surface area (Å²) >= 11 is 0. The number of aromatic nitrogens is 1. The van der Waals surface area contributed by atoms with Gasteiger partial charge in [0.15, 0.2) is 15.6 Å². The second-order valence-electron chi connectivity index (χ2n) is 7.53. The SMILES string of the molecule is Cc1cc(C(=O)CN(C)CC(=O)NC(C)C)c(C)n1[C@H]1CCS(=O)(=O)C1. The summed E-state index contributed by atoms with van der Waals surface area (Å²) in [6.07, 6.45) is 0.585. The summed E-state index contributed by atoms with van der Waals surface area (Å²) in [6.45, 7) is 7.83. The third-order valence-corrected chi connectivity index (χ3v) is 6.39. The van der Waals surface area contributed by atoms with Crippen LogP contribution in [0.2, 0.25) is 0 Å². The highest BCUT2D eigenvalue weighted by atomic mass is 32.2. The number of carbonyl (C=O) groups is 2. The average Bonchev–Trinajstić information content (AvgIpc) is 2.96. The lowest BCUT2D eigenvalue weighted by Gasteiger charge is -2.18. The summed E-state index contributed by atoms with van der Waals surface area (Å²) in [5.74, 6) is 0.153. The van der Waals surface area contributed by atoms with E-state index in [4.69, 9.17) is 0 Å². The molecule has 0 bridgehead atoms. The third kappa shape index (κ3) is 4.94. The van der Waals surface area contributed by atoms with Gasteiger partial charge in [-0.25, -0.2) is 8.42 Å². The number of hydrogen-bond donors (Lipinski definition) is 1. The van der Waals surface area contributed by atoms with Gasteiger partial charge in [-0.1, -0.05) is 0 Å². The number of sulfone groups is 1. The Morgan fingerprint density at radius 2 is 1.96 bits per heavy atom. The zero-order valence-corrected chi connectivity index (χ0v) is 17.0. The van der Waals surface area contributed by atoms with Crippen LogP contribution >= 0.6 is 0 Å². The Bertz CT molecular complexity index is 796. The highest BCUT2D eigenvalue weighted by Gasteiger charge is 2.31. The van der Waals surface area contributed by atoms with E-state index in [9.17, 15) is 18.0 Å².